The average Bonchev–Trinajstić information content (AvgIpc) is 3.27. The van der Waals surface area contributed by atoms with Crippen LogP contribution in [-0.4, -0.2) is 43.4 Å². The summed E-state index contributed by atoms with van der Waals surface area (Å²) in [5, 5.41) is 7.72. The van der Waals surface area contributed by atoms with E-state index in [0.29, 0.717) is 18.1 Å². The zero-order valence-corrected chi connectivity index (χ0v) is 16.9. The predicted molar refractivity (Wildman–Crippen MR) is 103 cm³/mol. The number of halogens is 3. The number of likely N-dealkylation sites (tertiary alicyclic amines) is 1. The quantitative estimate of drug-likeness (QED) is 0.819. The van der Waals surface area contributed by atoms with Crippen molar-refractivity contribution in [3.05, 3.63) is 35.5 Å². The Morgan fingerprint density at radius 1 is 1.24 bits per heavy atom. The van der Waals surface area contributed by atoms with Crippen LogP contribution in [0.2, 0.25) is 0 Å². The van der Waals surface area contributed by atoms with E-state index >= 15 is 0 Å². The summed E-state index contributed by atoms with van der Waals surface area (Å²) in [6.45, 7) is 7.27. The Morgan fingerprint density at radius 2 is 1.97 bits per heavy atom. The van der Waals surface area contributed by atoms with E-state index in [4.69, 9.17) is 0 Å². The van der Waals surface area contributed by atoms with Gasteiger partial charge in [0, 0.05) is 36.6 Å². The standard InChI is InChI=1S/C20H27F3N6/c1-12(2)15-7-18(20(21,22)23)29-19(26-15)8-16(27-29)17-5-4-6-28(17)11-14-9-24-13(3)25-10-14/h8-10,12,15,17-18,26H,4-7,11H2,1-3H3/t15-,17?,18+/m0/s1. The van der Waals surface area contributed by atoms with Crippen molar-refractivity contribution in [3.63, 3.8) is 0 Å². The van der Waals surface area contributed by atoms with Crippen LogP contribution >= 0.6 is 0 Å². The van der Waals surface area contributed by atoms with Crippen molar-refractivity contribution in [2.75, 3.05) is 11.9 Å². The van der Waals surface area contributed by atoms with Gasteiger partial charge in [0.2, 0.25) is 0 Å². The molecule has 29 heavy (non-hydrogen) atoms. The van der Waals surface area contributed by atoms with Crippen molar-refractivity contribution in [3.8, 4) is 0 Å². The largest absolute Gasteiger partial charge is 0.410 e. The molecule has 1 N–H and O–H groups in total. The van der Waals surface area contributed by atoms with Gasteiger partial charge in [0.25, 0.3) is 0 Å². The third-order valence-corrected chi connectivity index (χ3v) is 5.97. The van der Waals surface area contributed by atoms with Crippen LogP contribution in [-0.2, 0) is 6.54 Å². The minimum absolute atomic E-state index is 0.00240. The van der Waals surface area contributed by atoms with Gasteiger partial charge in [-0.3, -0.25) is 4.90 Å². The molecule has 1 saturated heterocycles. The number of aryl methyl sites for hydroxylation is 1. The second-order valence-corrected chi connectivity index (χ2v) is 8.45. The highest BCUT2D eigenvalue weighted by Crippen LogP contribution is 2.42. The molecule has 0 spiro atoms. The van der Waals surface area contributed by atoms with Gasteiger partial charge in [-0.1, -0.05) is 13.8 Å². The Hall–Kier alpha value is -2.16. The Kier molecular flexibility index (Phi) is 5.27. The molecule has 0 saturated carbocycles. The molecule has 2 aromatic heterocycles. The van der Waals surface area contributed by atoms with Crippen LogP contribution < -0.4 is 5.32 Å². The maximum atomic E-state index is 13.7. The van der Waals surface area contributed by atoms with Crippen LogP contribution in [0.25, 0.3) is 0 Å². The molecule has 1 unspecified atom stereocenters. The zero-order chi connectivity index (χ0) is 20.8. The lowest BCUT2D eigenvalue weighted by atomic mass is 9.94. The molecule has 0 aliphatic carbocycles. The molecule has 2 aromatic rings. The first kappa shape index (κ1) is 20.1. The van der Waals surface area contributed by atoms with Gasteiger partial charge in [0.1, 0.15) is 11.6 Å². The maximum absolute atomic E-state index is 13.7. The van der Waals surface area contributed by atoms with Gasteiger partial charge < -0.3 is 5.32 Å². The molecule has 9 heteroatoms. The van der Waals surface area contributed by atoms with Gasteiger partial charge in [-0.25, -0.2) is 14.6 Å². The van der Waals surface area contributed by atoms with E-state index in [1.807, 2.05) is 39.2 Å². The summed E-state index contributed by atoms with van der Waals surface area (Å²) in [6, 6.07) is 0.00736. The number of nitrogens with zero attached hydrogens (tertiary/aromatic N) is 5. The smallest absolute Gasteiger partial charge is 0.367 e. The Morgan fingerprint density at radius 3 is 2.62 bits per heavy atom. The Balaban J connectivity index is 1.60. The maximum Gasteiger partial charge on any atom is 0.410 e. The fourth-order valence-corrected chi connectivity index (χ4v) is 4.31. The minimum Gasteiger partial charge on any atom is -0.367 e. The number of hydrogen-bond donors (Lipinski definition) is 1. The number of alkyl halides is 3. The predicted octanol–water partition coefficient (Wildman–Crippen LogP) is 4.26. The summed E-state index contributed by atoms with van der Waals surface area (Å²) in [7, 11) is 0. The fourth-order valence-electron chi connectivity index (χ4n) is 4.31. The highest BCUT2D eigenvalue weighted by Gasteiger charge is 2.47. The van der Waals surface area contributed by atoms with Gasteiger partial charge in [-0.05, 0) is 38.6 Å². The van der Waals surface area contributed by atoms with Crippen molar-refractivity contribution in [2.45, 2.75) is 70.9 Å². The highest BCUT2D eigenvalue weighted by atomic mass is 19.4. The molecule has 6 nitrogen and oxygen atoms in total. The molecule has 0 aromatic carbocycles. The molecule has 0 amide bonds. The summed E-state index contributed by atoms with van der Waals surface area (Å²) >= 11 is 0. The van der Waals surface area contributed by atoms with Crippen molar-refractivity contribution in [1.29, 1.82) is 0 Å². The molecule has 0 bridgehead atoms. The highest BCUT2D eigenvalue weighted by molar-refractivity contribution is 5.42. The molecule has 4 rings (SSSR count). The third kappa shape index (κ3) is 4.10. The fraction of sp³-hybridized carbons (Fsp3) is 0.650. The van der Waals surface area contributed by atoms with Crippen molar-refractivity contribution in [1.82, 2.24) is 24.6 Å². The van der Waals surface area contributed by atoms with Gasteiger partial charge in [-0.15, -0.1) is 0 Å². The van der Waals surface area contributed by atoms with E-state index < -0.39 is 12.2 Å². The number of fused-ring (bicyclic) bond motifs is 1. The SMILES string of the molecule is Cc1ncc(CN2CCCC2c2cc3n(n2)[C@@H](C(F)(F)F)C[C@@H](C(C)C)N3)cn1. The van der Waals surface area contributed by atoms with E-state index in [1.54, 1.807) is 0 Å². The van der Waals surface area contributed by atoms with Gasteiger partial charge in [0.15, 0.2) is 6.04 Å². The molecule has 2 aliphatic heterocycles. The van der Waals surface area contributed by atoms with Crippen LogP contribution in [0.1, 0.15) is 62.3 Å². The van der Waals surface area contributed by atoms with E-state index in [0.717, 1.165) is 35.5 Å². The number of nitrogens with one attached hydrogen (secondary N) is 1. The van der Waals surface area contributed by atoms with E-state index in [1.165, 1.54) is 0 Å². The lowest BCUT2D eigenvalue weighted by molar-refractivity contribution is -0.174. The van der Waals surface area contributed by atoms with Crippen LogP contribution in [0, 0.1) is 12.8 Å². The molecular weight excluding hydrogens is 381 g/mol. The van der Waals surface area contributed by atoms with Crippen molar-refractivity contribution >= 4 is 5.82 Å². The summed E-state index contributed by atoms with van der Waals surface area (Å²) in [6.07, 6.45) is 1.18. The Bertz CT molecular complexity index is 845. The molecule has 1 fully saturated rings. The van der Waals surface area contributed by atoms with E-state index in [-0.39, 0.29) is 24.4 Å². The molecule has 4 heterocycles. The Labute approximate surface area is 168 Å². The molecular formula is C20H27F3N6. The lowest BCUT2D eigenvalue weighted by Crippen LogP contribution is -2.41. The molecule has 0 radical (unpaired) electrons. The van der Waals surface area contributed by atoms with Gasteiger partial charge in [0.05, 0.1) is 11.7 Å². The number of hydrogen-bond acceptors (Lipinski definition) is 5. The molecule has 3 atom stereocenters. The monoisotopic (exact) mass is 408 g/mol. The lowest BCUT2D eigenvalue weighted by Gasteiger charge is -2.35. The summed E-state index contributed by atoms with van der Waals surface area (Å²) < 4.78 is 42.3. The van der Waals surface area contributed by atoms with Crippen LogP contribution in [0.5, 0.6) is 0 Å². The van der Waals surface area contributed by atoms with Crippen molar-refractivity contribution in [2.24, 2.45) is 5.92 Å². The zero-order valence-electron chi connectivity index (χ0n) is 16.9. The van der Waals surface area contributed by atoms with E-state index in [2.05, 4.69) is 25.3 Å². The van der Waals surface area contributed by atoms with Crippen LogP contribution in [0.15, 0.2) is 18.5 Å². The summed E-state index contributed by atoms with van der Waals surface area (Å²) in [5.74, 6) is 1.30. The minimum atomic E-state index is -4.32. The second kappa shape index (κ2) is 7.59. The van der Waals surface area contributed by atoms with Crippen LogP contribution in [0.3, 0.4) is 0 Å². The van der Waals surface area contributed by atoms with E-state index in [9.17, 15) is 13.2 Å². The van der Waals surface area contributed by atoms with Crippen molar-refractivity contribution < 1.29 is 13.2 Å². The number of aromatic nitrogens is 4. The molecule has 158 valence electrons. The van der Waals surface area contributed by atoms with Gasteiger partial charge in [-0.2, -0.15) is 18.3 Å². The van der Waals surface area contributed by atoms with Crippen LogP contribution in [0.4, 0.5) is 19.0 Å². The number of rotatable bonds is 4. The normalized spacial score (nSPS) is 25.3. The topological polar surface area (TPSA) is 58.9 Å². The first-order valence-corrected chi connectivity index (χ1v) is 10.2. The first-order chi connectivity index (χ1) is 13.7. The first-order valence-electron chi connectivity index (χ1n) is 10.2. The third-order valence-electron chi connectivity index (χ3n) is 5.97. The molecule has 2 aliphatic rings. The number of anilines is 1. The second-order valence-electron chi connectivity index (χ2n) is 8.45. The summed E-state index contributed by atoms with van der Waals surface area (Å²) in [4.78, 5) is 10.7. The summed E-state index contributed by atoms with van der Waals surface area (Å²) in [5.41, 5.74) is 1.70. The average molecular weight is 408 g/mol. The van der Waals surface area contributed by atoms with Gasteiger partial charge >= 0.3 is 6.18 Å².